The highest BCUT2D eigenvalue weighted by Crippen LogP contribution is 2.50. The highest BCUT2D eigenvalue weighted by molar-refractivity contribution is 6.35. The van der Waals surface area contributed by atoms with E-state index in [1.165, 1.54) is 0 Å². The van der Waals surface area contributed by atoms with Crippen LogP contribution < -0.4 is 0 Å². The zero-order valence-electron chi connectivity index (χ0n) is 11.6. The van der Waals surface area contributed by atoms with Gasteiger partial charge in [0.15, 0.2) is 0 Å². The van der Waals surface area contributed by atoms with Gasteiger partial charge in [-0.25, -0.2) is 0 Å². The number of benzene rings is 1. The van der Waals surface area contributed by atoms with Crippen LogP contribution in [-0.2, 0) is 4.79 Å². The number of rotatable bonds is 5. The van der Waals surface area contributed by atoms with Crippen LogP contribution in [0.5, 0.6) is 0 Å². The molecular weight excluding hydrogens is 297 g/mol. The number of hydrogen-bond donors (Lipinski definition) is 1. The number of carbonyl (C=O) groups excluding carboxylic acids is 1. The second kappa shape index (κ2) is 6.33. The van der Waals surface area contributed by atoms with Gasteiger partial charge >= 0.3 is 0 Å². The molecular formula is C15H19Cl2NO2. The number of aliphatic hydroxyl groups excluding tert-OH is 1. The summed E-state index contributed by atoms with van der Waals surface area (Å²) in [4.78, 5) is 14.0. The van der Waals surface area contributed by atoms with Gasteiger partial charge < -0.3 is 10.0 Å². The van der Waals surface area contributed by atoms with Gasteiger partial charge in [0.05, 0.1) is 6.10 Å². The molecule has 1 aromatic rings. The highest BCUT2D eigenvalue weighted by Gasteiger charge is 2.45. The van der Waals surface area contributed by atoms with Crippen molar-refractivity contribution in [2.24, 2.45) is 5.92 Å². The molecule has 1 amide bonds. The van der Waals surface area contributed by atoms with Crippen molar-refractivity contribution in [3.8, 4) is 0 Å². The van der Waals surface area contributed by atoms with Crippen molar-refractivity contribution in [3.63, 3.8) is 0 Å². The molecule has 5 heteroatoms. The fraction of sp³-hybridized carbons (Fsp3) is 0.533. The topological polar surface area (TPSA) is 40.5 Å². The average molecular weight is 316 g/mol. The second-order valence-corrected chi connectivity index (χ2v) is 6.36. The first kappa shape index (κ1) is 15.6. The normalized spacial score (nSPS) is 22.4. The van der Waals surface area contributed by atoms with Crippen LogP contribution in [0.2, 0.25) is 10.0 Å². The summed E-state index contributed by atoms with van der Waals surface area (Å²) in [5.74, 6) is 0.329. The summed E-state index contributed by atoms with van der Waals surface area (Å²) < 4.78 is 0. The molecule has 1 N–H and O–H groups in total. The van der Waals surface area contributed by atoms with Gasteiger partial charge in [-0.15, -0.1) is 0 Å². The summed E-state index contributed by atoms with van der Waals surface area (Å²) in [7, 11) is 1.78. The Morgan fingerprint density at radius 2 is 2.20 bits per heavy atom. The predicted octanol–water partition coefficient (Wildman–Crippen LogP) is 3.33. The zero-order chi connectivity index (χ0) is 14.9. The van der Waals surface area contributed by atoms with E-state index < -0.39 is 0 Å². The van der Waals surface area contributed by atoms with Crippen LogP contribution in [0.4, 0.5) is 0 Å². The Bertz CT molecular complexity index is 505. The van der Waals surface area contributed by atoms with E-state index in [1.807, 2.05) is 6.07 Å². The first-order chi connectivity index (χ1) is 9.40. The lowest BCUT2D eigenvalue weighted by Crippen LogP contribution is -2.31. The van der Waals surface area contributed by atoms with E-state index in [1.54, 1.807) is 31.0 Å². The van der Waals surface area contributed by atoms with E-state index in [-0.39, 0.29) is 23.8 Å². The smallest absolute Gasteiger partial charge is 0.226 e. The van der Waals surface area contributed by atoms with Gasteiger partial charge in [0, 0.05) is 29.6 Å². The lowest BCUT2D eigenvalue weighted by molar-refractivity contribution is -0.131. The Kier molecular flexibility index (Phi) is 4.95. The first-order valence-electron chi connectivity index (χ1n) is 6.78. The van der Waals surface area contributed by atoms with Crippen LogP contribution in [0, 0.1) is 5.92 Å². The molecule has 1 aromatic carbocycles. The number of hydrogen-bond acceptors (Lipinski definition) is 2. The Morgan fingerprint density at radius 1 is 1.50 bits per heavy atom. The molecule has 0 aliphatic heterocycles. The van der Waals surface area contributed by atoms with Gasteiger partial charge in [-0.1, -0.05) is 29.3 Å². The van der Waals surface area contributed by atoms with Crippen LogP contribution in [0.25, 0.3) is 0 Å². The zero-order valence-corrected chi connectivity index (χ0v) is 13.2. The van der Waals surface area contributed by atoms with Crippen molar-refractivity contribution in [2.75, 3.05) is 13.6 Å². The molecule has 3 atom stereocenters. The van der Waals surface area contributed by atoms with Gasteiger partial charge in [0.25, 0.3) is 0 Å². The Hall–Kier alpha value is -0.770. The predicted molar refractivity (Wildman–Crippen MR) is 81.2 cm³/mol. The van der Waals surface area contributed by atoms with E-state index in [0.717, 1.165) is 12.0 Å². The largest absolute Gasteiger partial charge is 0.393 e. The minimum Gasteiger partial charge on any atom is -0.393 e. The van der Waals surface area contributed by atoms with Crippen LogP contribution in [0.15, 0.2) is 18.2 Å². The van der Waals surface area contributed by atoms with Crippen molar-refractivity contribution in [2.45, 2.75) is 31.8 Å². The van der Waals surface area contributed by atoms with Gasteiger partial charge in [-0.05, 0) is 43.4 Å². The van der Waals surface area contributed by atoms with Crippen LogP contribution >= 0.6 is 23.2 Å². The SMILES string of the molecule is CC(O)CCN(C)C(=O)C1CC1c1ccc(Cl)cc1Cl. The summed E-state index contributed by atoms with van der Waals surface area (Å²) in [5, 5.41) is 10.5. The molecule has 0 bridgehead atoms. The molecule has 0 saturated heterocycles. The van der Waals surface area contributed by atoms with Crippen LogP contribution in [0.3, 0.4) is 0 Å². The molecule has 1 aliphatic carbocycles. The monoisotopic (exact) mass is 315 g/mol. The number of amides is 1. The quantitative estimate of drug-likeness (QED) is 0.905. The van der Waals surface area contributed by atoms with Gasteiger partial charge in [0.1, 0.15) is 0 Å². The minimum absolute atomic E-state index is 0.00711. The molecule has 3 unspecified atom stereocenters. The molecule has 2 rings (SSSR count). The summed E-state index contributed by atoms with van der Waals surface area (Å²) in [5.41, 5.74) is 0.998. The summed E-state index contributed by atoms with van der Waals surface area (Å²) in [6, 6.07) is 5.42. The molecule has 110 valence electrons. The van der Waals surface area contributed by atoms with Gasteiger partial charge in [0.2, 0.25) is 5.91 Å². The Labute approximate surface area is 129 Å². The third-order valence-electron chi connectivity index (χ3n) is 3.73. The van der Waals surface area contributed by atoms with E-state index in [9.17, 15) is 9.90 Å². The standard InChI is InChI=1S/C15H19Cl2NO2/c1-9(19)5-6-18(2)15(20)13-8-12(13)11-4-3-10(16)7-14(11)17/h3-4,7,9,12-13,19H,5-6,8H2,1-2H3. The third kappa shape index (κ3) is 3.66. The van der Waals surface area contributed by atoms with Gasteiger partial charge in [-0.3, -0.25) is 4.79 Å². The molecule has 0 radical (unpaired) electrons. The van der Waals surface area contributed by atoms with Crippen molar-refractivity contribution < 1.29 is 9.90 Å². The lowest BCUT2D eigenvalue weighted by Gasteiger charge is -2.18. The van der Waals surface area contributed by atoms with E-state index in [0.29, 0.717) is 23.0 Å². The number of carbonyl (C=O) groups is 1. The fourth-order valence-electron chi connectivity index (χ4n) is 2.39. The molecule has 0 aromatic heterocycles. The third-order valence-corrected chi connectivity index (χ3v) is 4.29. The first-order valence-corrected chi connectivity index (χ1v) is 7.53. The molecule has 1 saturated carbocycles. The Balaban J connectivity index is 1.95. The molecule has 0 heterocycles. The van der Waals surface area contributed by atoms with Crippen molar-refractivity contribution in [3.05, 3.63) is 33.8 Å². The maximum absolute atomic E-state index is 12.3. The van der Waals surface area contributed by atoms with Crippen molar-refractivity contribution in [1.29, 1.82) is 0 Å². The van der Waals surface area contributed by atoms with Gasteiger partial charge in [-0.2, -0.15) is 0 Å². The molecule has 1 fully saturated rings. The summed E-state index contributed by atoms with van der Waals surface area (Å²) in [6.07, 6.45) is 1.05. The fourth-order valence-corrected chi connectivity index (χ4v) is 2.94. The molecule has 1 aliphatic rings. The molecule has 20 heavy (non-hydrogen) atoms. The number of nitrogens with zero attached hydrogens (tertiary/aromatic N) is 1. The maximum atomic E-state index is 12.3. The molecule has 0 spiro atoms. The van der Waals surface area contributed by atoms with Crippen LogP contribution in [-0.4, -0.2) is 35.6 Å². The summed E-state index contributed by atoms with van der Waals surface area (Å²) >= 11 is 12.1. The Morgan fingerprint density at radius 3 is 2.80 bits per heavy atom. The highest BCUT2D eigenvalue weighted by atomic mass is 35.5. The lowest BCUT2D eigenvalue weighted by atomic mass is 10.1. The molecule has 3 nitrogen and oxygen atoms in total. The van der Waals surface area contributed by atoms with Crippen LogP contribution in [0.1, 0.15) is 31.2 Å². The van der Waals surface area contributed by atoms with E-state index in [4.69, 9.17) is 23.2 Å². The average Bonchev–Trinajstić information content (AvgIpc) is 3.15. The van der Waals surface area contributed by atoms with Crippen molar-refractivity contribution in [1.82, 2.24) is 4.90 Å². The van der Waals surface area contributed by atoms with Crippen molar-refractivity contribution >= 4 is 29.1 Å². The number of halogens is 2. The summed E-state index contributed by atoms with van der Waals surface area (Å²) in [6.45, 7) is 2.31. The van der Waals surface area contributed by atoms with E-state index >= 15 is 0 Å². The minimum atomic E-state index is -0.383. The van der Waals surface area contributed by atoms with E-state index in [2.05, 4.69) is 0 Å². The maximum Gasteiger partial charge on any atom is 0.226 e. The second-order valence-electron chi connectivity index (χ2n) is 5.51. The number of aliphatic hydroxyl groups is 1.